The van der Waals surface area contributed by atoms with E-state index < -0.39 is 0 Å². The second-order valence-electron chi connectivity index (χ2n) is 12.8. The third kappa shape index (κ3) is 4.33. The van der Waals surface area contributed by atoms with Crippen molar-refractivity contribution in [1.82, 2.24) is 0 Å². The average molecular weight is 623 g/mol. The fraction of sp³-hybridized carbons (Fsp3) is 0. The highest BCUT2D eigenvalue weighted by atomic mass is 16.3. The summed E-state index contributed by atoms with van der Waals surface area (Å²) in [4.78, 5) is 0. The summed E-state index contributed by atoms with van der Waals surface area (Å²) >= 11 is 0. The Morgan fingerprint density at radius 1 is 0.286 bits per heavy atom. The van der Waals surface area contributed by atoms with E-state index in [4.69, 9.17) is 4.42 Å². The van der Waals surface area contributed by atoms with Crippen LogP contribution in [-0.2, 0) is 0 Å². The normalized spacial score (nSPS) is 11.7. The van der Waals surface area contributed by atoms with E-state index in [1.165, 1.54) is 71.3 Å². The Kier molecular flexibility index (Phi) is 6.25. The molecule has 0 N–H and O–H groups in total. The first-order chi connectivity index (χ1) is 24.3. The second-order valence-corrected chi connectivity index (χ2v) is 12.8. The molecule has 0 atom stereocenters. The molecule has 1 nitrogen and oxygen atoms in total. The smallest absolute Gasteiger partial charge is 0.143 e. The van der Waals surface area contributed by atoms with E-state index in [0.29, 0.717) is 0 Å². The van der Waals surface area contributed by atoms with Crippen molar-refractivity contribution >= 4 is 54.3 Å². The third-order valence-corrected chi connectivity index (χ3v) is 10.0. The minimum absolute atomic E-state index is 0.913. The predicted molar refractivity (Wildman–Crippen MR) is 208 cm³/mol. The minimum atomic E-state index is 0.913. The van der Waals surface area contributed by atoms with E-state index in [2.05, 4.69) is 182 Å². The molecule has 0 amide bonds. The zero-order valence-electron chi connectivity index (χ0n) is 26.7. The summed E-state index contributed by atoms with van der Waals surface area (Å²) in [6, 6.07) is 65.7. The first-order valence-corrected chi connectivity index (χ1v) is 16.9. The lowest BCUT2D eigenvalue weighted by Crippen LogP contribution is -1.95. The van der Waals surface area contributed by atoms with Crippen molar-refractivity contribution in [2.45, 2.75) is 0 Å². The van der Waals surface area contributed by atoms with Gasteiger partial charge in [-0.3, -0.25) is 0 Å². The van der Waals surface area contributed by atoms with Crippen molar-refractivity contribution in [3.8, 4) is 44.5 Å². The van der Waals surface area contributed by atoms with Gasteiger partial charge in [0.05, 0.1) is 0 Å². The highest BCUT2D eigenvalue weighted by Gasteiger charge is 2.23. The topological polar surface area (TPSA) is 13.1 Å². The van der Waals surface area contributed by atoms with Gasteiger partial charge in [0.15, 0.2) is 0 Å². The Balaban J connectivity index is 1.35. The molecule has 0 aliphatic heterocycles. The van der Waals surface area contributed by atoms with Gasteiger partial charge in [0.25, 0.3) is 0 Å². The Hall–Kier alpha value is -6.44. The first kappa shape index (κ1) is 27.7. The molecular formula is C48H30O. The van der Waals surface area contributed by atoms with Crippen LogP contribution in [-0.4, -0.2) is 0 Å². The molecule has 0 bridgehead atoms. The molecule has 49 heavy (non-hydrogen) atoms. The SMILES string of the molecule is c1ccc(-c2cccc(-c3ccccc3)c2-c2c3ccccc3c(-c3cccc4c3oc3cc5ccccc5cc34)c3ccccc23)cc1. The lowest BCUT2D eigenvalue weighted by Gasteiger charge is -2.22. The van der Waals surface area contributed by atoms with Crippen molar-refractivity contribution < 1.29 is 4.42 Å². The molecule has 10 aromatic rings. The fourth-order valence-corrected chi connectivity index (χ4v) is 7.91. The molecule has 0 spiro atoms. The van der Waals surface area contributed by atoms with Gasteiger partial charge in [0.1, 0.15) is 11.2 Å². The van der Waals surface area contributed by atoms with Crippen LogP contribution < -0.4 is 0 Å². The molecule has 10 rings (SSSR count). The van der Waals surface area contributed by atoms with E-state index in [1.807, 2.05) is 0 Å². The molecule has 0 radical (unpaired) electrons. The summed E-state index contributed by atoms with van der Waals surface area (Å²) in [6.07, 6.45) is 0. The molecule has 1 heteroatoms. The summed E-state index contributed by atoms with van der Waals surface area (Å²) in [5.41, 5.74) is 11.5. The van der Waals surface area contributed by atoms with Crippen molar-refractivity contribution in [2.75, 3.05) is 0 Å². The van der Waals surface area contributed by atoms with Crippen LogP contribution in [0.2, 0.25) is 0 Å². The first-order valence-electron chi connectivity index (χ1n) is 16.9. The monoisotopic (exact) mass is 622 g/mol. The largest absolute Gasteiger partial charge is 0.455 e. The van der Waals surface area contributed by atoms with Crippen molar-refractivity contribution in [3.63, 3.8) is 0 Å². The van der Waals surface area contributed by atoms with E-state index in [9.17, 15) is 0 Å². The van der Waals surface area contributed by atoms with Crippen LogP contribution in [0.3, 0.4) is 0 Å². The average Bonchev–Trinajstić information content (AvgIpc) is 3.54. The van der Waals surface area contributed by atoms with Gasteiger partial charge in [-0.25, -0.2) is 0 Å². The van der Waals surface area contributed by atoms with Crippen LogP contribution in [0.4, 0.5) is 0 Å². The van der Waals surface area contributed by atoms with E-state index in [-0.39, 0.29) is 0 Å². The maximum absolute atomic E-state index is 6.81. The quantitative estimate of drug-likeness (QED) is 0.178. The number of rotatable bonds is 4. The Labute approximate surface area is 284 Å². The van der Waals surface area contributed by atoms with Gasteiger partial charge in [-0.05, 0) is 77.8 Å². The number of benzene rings is 9. The predicted octanol–water partition coefficient (Wildman–Crippen LogP) is 13.7. The van der Waals surface area contributed by atoms with E-state index in [0.717, 1.165) is 27.5 Å². The van der Waals surface area contributed by atoms with E-state index >= 15 is 0 Å². The van der Waals surface area contributed by atoms with Crippen molar-refractivity contribution in [3.05, 3.63) is 182 Å². The molecule has 0 saturated heterocycles. The number of fused-ring (bicyclic) bond motifs is 6. The molecule has 228 valence electrons. The van der Waals surface area contributed by atoms with E-state index in [1.54, 1.807) is 0 Å². The fourth-order valence-electron chi connectivity index (χ4n) is 7.91. The van der Waals surface area contributed by atoms with Crippen LogP contribution in [0.25, 0.3) is 98.8 Å². The van der Waals surface area contributed by atoms with Gasteiger partial charge in [-0.1, -0.05) is 170 Å². The van der Waals surface area contributed by atoms with Gasteiger partial charge < -0.3 is 4.42 Å². The molecule has 0 aliphatic carbocycles. The number of furan rings is 1. The molecule has 1 aromatic heterocycles. The van der Waals surface area contributed by atoms with Gasteiger partial charge in [0.2, 0.25) is 0 Å². The molecule has 1 heterocycles. The number of hydrogen-bond donors (Lipinski definition) is 0. The zero-order chi connectivity index (χ0) is 32.3. The molecule has 0 saturated carbocycles. The molecule has 0 aliphatic rings. The molecular weight excluding hydrogens is 593 g/mol. The molecule has 0 unspecified atom stereocenters. The van der Waals surface area contributed by atoms with Crippen LogP contribution >= 0.6 is 0 Å². The minimum Gasteiger partial charge on any atom is -0.455 e. The van der Waals surface area contributed by atoms with Crippen LogP contribution in [0.15, 0.2) is 186 Å². The number of hydrogen-bond acceptors (Lipinski definition) is 1. The van der Waals surface area contributed by atoms with Gasteiger partial charge in [0, 0.05) is 21.9 Å². The standard InChI is InChI=1S/C48H30O/c1-3-15-31(16-4-1)35-25-13-26-36(32-17-5-2-6-18-32)46(35)47-39-23-11-9-21-37(39)45(38-22-10-12-24-40(38)47)42-28-14-27-41-43-29-33-19-7-8-20-34(33)30-44(43)49-48(41)42/h1-30H. The lowest BCUT2D eigenvalue weighted by molar-refractivity contribution is 0.670. The van der Waals surface area contributed by atoms with Crippen LogP contribution in [0.5, 0.6) is 0 Å². The third-order valence-electron chi connectivity index (χ3n) is 10.0. The van der Waals surface area contributed by atoms with Crippen LogP contribution in [0, 0.1) is 0 Å². The highest BCUT2D eigenvalue weighted by Crippen LogP contribution is 2.50. The maximum atomic E-state index is 6.81. The summed E-state index contributed by atoms with van der Waals surface area (Å²) in [5.74, 6) is 0. The molecule has 0 fully saturated rings. The van der Waals surface area contributed by atoms with Crippen LogP contribution in [0.1, 0.15) is 0 Å². The Bertz CT molecular complexity index is 2750. The van der Waals surface area contributed by atoms with Gasteiger partial charge in [-0.15, -0.1) is 0 Å². The summed E-state index contributed by atoms with van der Waals surface area (Å²) in [6.45, 7) is 0. The lowest BCUT2D eigenvalue weighted by atomic mass is 9.81. The zero-order valence-corrected chi connectivity index (χ0v) is 26.7. The summed E-state index contributed by atoms with van der Waals surface area (Å²) in [7, 11) is 0. The van der Waals surface area contributed by atoms with Gasteiger partial charge >= 0.3 is 0 Å². The second kappa shape index (κ2) is 11.1. The Morgan fingerprint density at radius 2 is 0.735 bits per heavy atom. The van der Waals surface area contributed by atoms with Crippen molar-refractivity contribution in [2.24, 2.45) is 0 Å². The number of para-hydroxylation sites is 1. The van der Waals surface area contributed by atoms with Gasteiger partial charge in [-0.2, -0.15) is 0 Å². The highest BCUT2D eigenvalue weighted by molar-refractivity contribution is 6.26. The summed E-state index contributed by atoms with van der Waals surface area (Å²) < 4.78 is 6.81. The Morgan fingerprint density at radius 3 is 1.33 bits per heavy atom. The molecule has 9 aromatic carbocycles. The summed E-state index contributed by atoms with van der Waals surface area (Å²) in [5, 5.41) is 9.52. The maximum Gasteiger partial charge on any atom is 0.143 e. The van der Waals surface area contributed by atoms with Crippen molar-refractivity contribution in [1.29, 1.82) is 0 Å².